The van der Waals surface area contributed by atoms with Crippen molar-refractivity contribution in [2.24, 2.45) is 0 Å². The summed E-state index contributed by atoms with van der Waals surface area (Å²) in [5.41, 5.74) is 1.31. The Bertz CT molecular complexity index is 386. The zero-order valence-electron chi connectivity index (χ0n) is 13.5. The van der Waals surface area contributed by atoms with Crippen molar-refractivity contribution in [3.63, 3.8) is 0 Å². The fraction of sp³-hybridized carbons (Fsp3) is 0.647. The van der Waals surface area contributed by atoms with E-state index in [1.54, 1.807) is 0 Å². The zero-order valence-corrected chi connectivity index (χ0v) is 13.5. The van der Waals surface area contributed by atoms with Crippen molar-refractivity contribution in [3.8, 4) is 5.75 Å². The number of benzene rings is 1. The molecule has 0 unspecified atom stereocenters. The van der Waals surface area contributed by atoms with Crippen LogP contribution in [0.15, 0.2) is 24.3 Å². The maximum Gasteiger partial charge on any atom is 0.119 e. The van der Waals surface area contributed by atoms with Gasteiger partial charge >= 0.3 is 0 Å². The molecule has 4 nitrogen and oxygen atoms in total. The molecule has 21 heavy (non-hydrogen) atoms. The summed E-state index contributed by atoms with van der Waals surface area (Å²) < 4.78 is 5.84. The van der Waals surface area contributed by atoms with E-state index in [4.69, 9.17) is 4.74 Å². The molecule has 1 N–H and O–H groups in total. The largest absolute Gasteiger partial charge is 0.492 e. The number of hydrogen-bond donors (Lipinski definition) is 1. The molecule has 1 aliphatic rings. The van der Waals surface area contributed by atoms with Gasteiger partial charge in [-0.05, 0) is 37.7 Å². The van der Waals surface area contributed by atoms with E-state index >= 15 is 0 Å². The number of ether oxygens (including phenoxy) is 1. The second-order valence-electron chi connectivity index (χ2n) is 5.81. The molecule has 1 saturated heterocycles. The average molecular weight is 291 g/mol. The molecule has 0 saturated carbocycles. The third kappa shape index (κ3) is 6.04. The molecule has 0 bridgehead atoms. The molecule has 0 spiro atoms. The Balaban J connectivity index is 1.64. The Hall–Kier alpha value is -1.10. The first-order valence-electron chi connectivity index (χ1n) is 8.11. The van der Waals surface area contributed by atoms with E-state index in [2.05, 4.69) is 53.4 Å². The van der Waals surface area contributed by atoms with Crippen LogP contribution in [-0.4, -0.2) is 62.7 Å². The molecule has 0 aliphatic carbocycles. The van der Waals surface area contributed by atoms with Gasteiger partial charge in [-0.25, -0.2) is 0 Å². The smallest absolute Gasteiger partial charge is 0.119 e. The van der Waals surface area contributed by atoms with Crippen LogP contribution in [0.1, 0.15) is 18.9 Å². The molecule has 0 aromatic heterocycles. The van der Waals surface area contributed by atoms with Gasteiger partial charge in [0.05, 0.1) is 0 Å². The van der Waals surface area contributed by atoms with Gasteiger partial charge in [-0.3, -0.25) is 4.90 Å². The lowest BCUT2D eigenvalue weighted by atomic mass is 10.2. The minimum absolute atomic E-state index is 0.775. The summed E-state index contributed by atoms with van der Waals surface area (Å²) in [6, 6.07) is 8.45. The Morgan fingerprint density at radius 3 is 2.48 bits per heavy atom. The van der Waals surface area contributed by atoms with E-state index in [0.717, 1.165) is 45.1 Å². The summed E-state index contributed by atoms with van der Waals surface area (Å²) in [5, 5.41) is 3.41. The molecule has 118 valence electrons. The summed E-state index contributed by atoms with van der Waals surface area (Å²) in [6.07, 6.45) is 1.17. The molecule has 1 aromatic carbocycles. The van der Waals surface area contributed by atoms with Gasteiger partial charge < -0.3 is 15.0 Å². The van der Waals surface area contributed by atoms with Gasteiger partial charge in [0.15, 0.2) is 0 Å². The third-order valence-electron chi connectivity index (χ3n) is 3.95. The highest BCUT2D eigenvalue weighted by molar-refractivity contribution is 5.27. The predicted molar refractivity (Wildman–Crippen MR) is 87.9 cm³/mol. The van der Waals surface area contributed by atoms with Crippen LogP contribution in [0.3, 0.4) is 0 Å². The standard InChI is InChI=1S/C17H29N3O/c1-3-8-18-15-16-4-6-17(7-5-16)21-14-13-20-11-9-19(2)10-12-20/h4-7,18H,3,8-15H2,1-2H3. The second kappa shape index (κ2) is 9.03. The first-order chi connectivity index (χ1) is 10.3. The molecule has 4 heteroatoms. The molecule has 2 rings (SSSR count). The molecule has 1 aromatic rings. The fourth-order valence-electron chi connectivity index (χ4n) is 2.48. The van der Waals surface area contributed by atoms with Crippen LogP contribution in [0, 0.1) is 0 Å². The minimum Gasteiger partial charge on any atom is -0.492 e. The maximum absolute atomic E-state index is 5.84. The van der Waals surface area contributed by atoms with Crippen molar-refractivity contribution >= 4 is 0 Å². The highest BCUT2D eigenvalue weighted by atomic mass is 16.5. The number of hydrogen-bond acceptors (Lipinski definition) is 4. The Morgan fingerprint density at radius 1 is 1.10 bits per heavy atom. The molecule has 0 atom stereocenters. The Morgan fingerprint density at radius 2 is 1.81 bits per heavy atom. The summed E-state index contributed by atoms with van der Waals surface area (Å²) in [7, 11) is 2.19. The van der Waals surface area contributed by atoms with Crippen LogP contribution in [0.5, 0.6) is 5.75 Å². The number of nitrogens with one attached hydrogen (secondary N) is 1. The number of nitrogens with zero attached hydrogens (tertiary/aromatic N) is 2. The molecular weight excluding hydrogens is 262 g/mol. The lowest BCUT2D eigenvalue weighted by Gasteiger charge is -2.32. The predicted octanol–water partition coefficient (Wildman–Crippen LogP) is 1.81. The van der Waals surface area contributed by atoms with E-state index in [0.29, 0.717) is 0 Å². The van der Waals surface area contributed by atoms with Crippen LogP contribution in [0.2, 0.25) is 0 Å². The maximum atomic E-state index is 5.84. The van der Waals surface area contributed by atoms with Gasteiger partial charge in [-0.15, -0.1) is 0 Å². The lowest BCUT2D eigenvalue weighted by molar-refractivity contribution is 0.133. The number of rotatable bonds is 8. The van der Waals surface area contributed by atoms with E-state index in [-0.39, 0.29) is 0 Å². The topological polar surface area (TPSA) is 27.7 Å². The summed E-state index contributed by atoms with van der Waals surface area (Å²) in [5.74, 6) is 0.975. The van der Waals surface area contributed by atoms with Crippen molar-refractivity contribution in [1.82, 2.24) is 15.1 Å². The van der Waals surface area contributed by atoms with E-state index in [1.807, 2.05) is 0 Å². The first-order valence-corrected chi connectivity index (χ1v) is 8.11. The van der Waals surface area contributed by atoms with Crippen molar-refractivity contribution in [3.05, 3.63) is 29.8 Å². The van der Waals surface area contributed by atoms with Crippen LogP contribution in [0.4, 0.5) is 0 Å². The highest BCUT2D eigenvalue weighted by Gasteiger charge is 2.12. The van der Waals surface area contributed by atoms with E-state index in [1.165, 1.54) is 25.1 Å². The molecule has 0 radical (unpaired) electrons. The van der Waals surface area contributed by atoms with Gasteiger partial charge in [-0.1, -0.05) is 19.1 Å². The average Bonchev–Trinajstić information content (AvgIpc) is 2.51. The SMILES string of the molecule is CCCNCc1ccc(OCCN2CCN(C)CC2)cc1. The minimum atomic E-state index is 0.775. The monoisotopic (exact) mass is 291 g/mol. The third-order valence-corrected chi connectivity index (χ3v) is 3.95. The van der Waals surface area contributed by atoms with Gasteiger partial charge in [0.25, 0.3) is 0 Å². The first kappa shape index (κ1) is 16.3. The number of likely N-dealkylation sites (N-methyl/N-ethyl adjacent to an activating group) is 1. The Kier molecular flexibility index (Phi) is 7.00. The summed E-state index contributed by atoms with van der Waals surface area (Å²) in [6.45, 7) is 10.6. The second-order valence-corrected chi connectivity index (χ2v) is 5.81. The van der Waals surface area contributed by atoms with E-state index < -0.39 is 0 Å². The summed E-state index contributed by atoms with van der Waals surface area (Å²) >= 11 is 0. The van der Waals surface area contributed by atoms with E-state index in [9.17, 15) is 0 Å². The highest BCUT2D eigenvalue weighted by Crippen LogP contribution is 2.12. The molecule has 1 aliphatic heterocycles. The van der Waals surface area contributed by atoms with Crippen molar-refractivity contribution in [2.45, 2.75) is 19.9 Å². The molecule has 1 heterocycles. The van der Waals surface area contributed by atoms with Crippen molar-refractivity contribution in [2.75, 3.05) is 52.9 Å². The van der Waals surface area contributed by atoms with Crippen LogP contribution >= 0.6 is 0 Å². The fourth-order valence-corrected chi connectivity index (χ4v) is 2.48. The van der Waals surface area contributed by atoms with Gasteiger partial charge in [0, 0.05) is 39.3 Å². The molecular formula is C17H29N3O. The van der Waals surface area contributed by atoms with Gasteiger partial charge in [0.1, 0.15) is 12.4 Å². The zero-order chi connectivity index (χ0) is 14.9. The molecule has 0 amide bonds. The van der Waals surface area contributed by atoms with Crippen molar-refractivity contribution in [1.29, 1.82) is 0 Å². The lowest BCUT2D eigenvalue weighted by Crippen LogP contribution is -2.45. The summed E-state index contributed by atoms with van der Waals surface area (Å²) in [4.78, 5) is 4.85. The van der Waals surface area contributed by atoms with Crippen LogP contribution in [0.25, 0.3) is 0 Å². The normalized spacial score (nSPS) is 17.0. The van der Waals surface area contributed by atoms with Crippen LogP contribution in [-0.2, 0) is 6.54 Å². The van der Waals surface area contributed by atoms with Crippen molar-refractivity contribution < 1.29 is 4.74 Å². The van der Waals surface area contributed by atoms with Gasteiger partial charge in [-0.2, -0.15) is 0 Å². The van der Waals surface area contributed by atoms with Crippen LogP contribution < -0.4 is 10.1 Å². The molecule has 1 fully saturated rings. The van der Waals surface area contributed by atoms with Gasteiger partial charge in [0.2, 0.25) is 0 Å². The Labute approximate surface area is 129 Å². The number of piperazine rings is 1. The quantitative estimate of drug-likeness (QED) is 0.739.